The lowest BCUT2D eigenvalue weighted by atomic mass is 10.1. The molecule has 0 saturated carbocycles. The van der Waals surface area contributed by atoms with Crippen molar-refractivity contribution in [1.29, 1.82) is 0 Å². The molecule has 0 amide bonds. The predicted molar refractivity (Wildman–Crippen MR) is 244 cm³/mol. The third-order valence-corrected chi connectivity index (χ3v) is 13.8. The summed E-state index contributed by atoms with van der Waals surface area (Å²) in [6, 6.07) is 27.8. The van der Waals surface area contributed by atoms with Crippen molar-refractivity contribution in [1.82, 2.24) is 0 Å². The van der Waals surface area contributed by atoms with Crippen molar-refractivity contribution in [3.8, 4) is 11.5 Å². The number of ketones is 2. The summed E-state index contributed by atoms with van der Waals surface area (Å²) < 4.78 is 41.3. The van der Waals surface area contributed by atoms with Crippen molar-refractivity contribution in [2.75, 3.05) is 51.1 Å². The lowest BCUT2D eigenvalue weighted by Gasteiger charge is -2.24. The number of hydrogen-bond acceptors (Lipinski definition) is 13. The van der Waals surface area contributed by atoms with Crippen LogP contribution >= 0.6 is 23.1 Å². The van der Waals surface area contributed by atoms with Gasteiger partial charge >= 0.3 is 0 Å². The van der Waals surface area contributed by atoms with Crippen LogP contribution in [-0.4, -0.2) is 103 Å². The normalized spacial score (nSPS) is 26.1. The summed E-state index contributed by atoms with van der Waals surface area (Å²) >= 11 is 2.66. The number of epoxide rings is 4. The van der Waals surface area contributed by atoms with Gasteiger partial charge in [-0.2, -0.15) is 0 Å². The van der Waals surface area contributed by atoms with E-state index < -0.39 is 11.6 Å². The lowest BCUT2D eigenvalue weighted by Crippen LogP contribution is -2.18. The second kappa shape index (κ2) is 17.8. The molecular formula is C50H45N2O10S2+. The molecule has 4 aromatic rings. The maximum atomic E-state index is 13.9. The van der Waals surface area contributed by atoms with E-state index in [-0.39, 0.29) is 41.3 Å². The molecule has 11 rings (SSSR count). The topological polar surface area (TPSA) is 138 Å². The fourth-order valence-electron chi connectivity index (χ4n) is 7.73. The van der Waals surface area contributed by atoms with Crippen molar-refractivity contribution in [3.63, 3.8) is 0 Å². The van der Waals surface area contributed by atoms with E-state index in [9.17, 15) is 14.7 Å². The van der Waals surface area contributed by atoms with Gasteiger partial charge in [0, 0.05) is 51.9 Å². The van der Waals surface area contributed by atoms with E-state index in [1.807, 2.05) is 72.8 Å². The summed E-state index contributed by atoms with van der Waals surface area (Å²) in [6.45, 7) is 4.57. The van der Waals surface area contributed by atoms with E-state index in [0.29, 0.717) is 48.7 Å². The average Bonchev–Trinajstić information content (AvgIpc) is 4.13. The smallest absolute Gasteiger partial charge is 0.251 e. The Bertz CT molecular complexity index is 2590. The van der Waals surface area contributed by atoms with Crippen molar-refractivity contribution < 1.29 is 52.4 Å². The summed E-state index contributed by atoms with van der Waals surface area (Å²) in [5.74, 6) is -0.325. The van der Waals surface area contributed by atoms with E-state index in [2.05, 4.69) is 39.8 Å². The highest BCUT2D eigenvalue weighted by Crippen LogP contribution is 2.46. The van der Waals surface area contributed by atoms with Gasteiger partial charge in [0.25, 0.3) is 5.04 Å². The minimum absolute atomic E-state index is 0.000519. The largest absolute Gasteiger partial charge is 0.506 e. The molecule has 5 aliphatic heterocycles. The Morgan fingerprint density at radius 3 is 1.92 bits per heavy atom. The Labute approximate surface area is 378 Å². The molecule has 4 fully saturated rings. The zero-order valence-corrected chi connectivity index (χ0v) is 36.4. The Kier molecular flexibility index (Phi) is 11.4. The van der Waals surface area contributed by atoms with Crippen LogP contribution in [0.25, 0.3) is 5.57 Å². The lowest BCUT2D eigenvalue weighted by molar-refractivity contribution is -0.374. The molecular weight excluding hydrogens is 853 g/mol. The first kappa shape index (κ1) is 41.1. The van der Waals surface area contributed by atoms with Crippen LogP contribution in [0.5, 0.6) is 11.5 Å². The van der Waals surface area contributed by atoms with E-state index in [1.54, 1.807) is 12.1 Å². The summed E-state index contributed by atoms with van der Waals surface area (Å²) in [4.78, 5) is 30.9. The minimum Gasteiger partial charge on any atom is -0.506 e. The van der Waals surface area contributed by atoms with Crippen LogP contribution in [0.4, 0.5) is 22.1 Å². The fourth-order valence-corrected chi connectivity index (χ4v) is 9.92. The van der Waals surface area contributed by atoms with Crippen LogP contribution in [0, 0.1) is 0 Å². The number of hydrogen-bond donors (Lipinski definition) is 1. The molecule has 1 N–H and O–H groups in total. The van der Waals surface area contributed by atoms with Crippen molar-refractivity contribution in [3.05, 3.63) is 148 Å². The van der Waals surface area contributed by atoms with Gasteiger partial charge in [0.2, 0.25) is 23.0 Å². The number of aliphatic hydroxyl groups excluding tert-OH is 1. The summed E-state index contributed by atoms with van der Waals surface area (Å²) in [5, 5.41) is 13.5. The number of ether oxygens (including phenoxy) is 7. The Balaban J connectivity index is 0.886. The van der Waals surface area contributed by atoms with Gasteiger partial charge in [-0.15, -0.1) is 15.9 Å². The van der Waals surface area contributed by atoms with Crippen LogP contribution < -0.4 is 14.4 Å². The Hall–Kier alpha value is -5.58. The standard InChI is InChI=1S/C50H44N2O10S2/c53-48-46(42-19-21-44(63-42)51(31-4-1-30(2-5-31)3-12-38-23-59-38)32-6-13-35(14-7-32)56-24-39-27-60-39)49(54)50(55)47(48)43-20-22-45(64-43)52(33-8-15-36(16-9-33)57-25-40-28-61-40)34-10-17-37(18-11-34)58-26-41-29-62-41/h1-2,4-11,13-17,19-22,37-41H,3,12,18,23-29H2/p+1. The predicted octanol–water partition coefficient (Wildman–Crippen LogP) is 8.45. The second-order valence-corrected chi connectivity index (χ2v) is 18.6. The Morgan fingerprint density at radius 1 is 0.688 bits per heavy atom. The maximum absolute atomic E-state index is 13.9. The number of thiophene rings is 1. The van der Waals surface area contributed by atoms with Crippen LogP contribution in [0.1, 0.15) is 23.3 Å². The quantitative estimate of drug-likeness (QED) is 0.0444. The maximum Gasteiger partial charge on any atom is 0.251 e. The van der Waals surface area contributed by atoms with Gasteiger partial charge in [-0.05, 0) is 109 Å². The SMILES string of the molecule is O=C1C(=O)/C(=C2/C=CC(=[N+](C3=CCC(OCC4CO4)C=C3)c3ccc(OCC4CO4)cc3)S2)C(O)=C1c1ccc(N(c2ccc(CCC3CO3)cc2)c2ccc(OCC3CO3)cc2)s1. The summed E-state index contributed by atoms with van der Waals surface area (Å²) in [6.07, 6.45) is 13.3. The highest BCUT2D eigenvalue weighted by molar-refractivity contribution is 8.18. The number of nitrogens with zero attached hydrogens (tertiary/aromatic N) is 2. The first-order chi connectivity index (χ1) is 31.4. The van der Waals surface area contributed by atoms with Crippen LogP contribution in [-0.2, 0) is 39.7 Å². The molecule has 1 aromatic heterocycles. The van der Waals surface area contributed by atoms with E-state index in [0.717, 1.165) is 77.0 Å². The van der Waals surface area contributed by atoms with E-state index in [1.165, 1.54) is 28.7 Å². The summed E-state index contributed by atoms with van der Waals surface area (Å²) in [5.41, 5.74) is 4.81. The molecule has 4 saturated heterocycles. The van der Waals surface area contributed by atoms with Gasteiger partial charge in [0.15, 0.2) is 0 Å². The zero-order chi connectivity index (χ0) is 43.1. The van der Waals surface area contributed by atoms with Gasteiger partial charge in [-0.25, -0.2) is 0 Å². The molecule has 3 aromatic carbocycles. The van der Waals surface area contributed by atoms with E-state index in [4.69, 9.17) is 33.2 Å². The molecule has 14 heteroatoms. The molecule has 0 spiro atoms. The van der Waals surface area contributed by atoms with Gasteiger partial charge < -0.3 is 43.2 Å². The van der Waals surface area contributed by atoms with Crippen molar-refractivity contribution >= 4 is 67.3 Å². The number of aliphatic hydroxyl groups is 1. The summed E-state index contributed by atoms with van der Waals surface area (Å²) in [7, 11) is 0. The minimum atomic E-state index is -0.740. The molecule has 64 heavy (non-hydrogen) atoms. The highest BCUT2D eigenvalue weighted by Gasteiger charge is 2.42. The third-order valence-electron chi connectivity index (χ3n) is 11.7. The first-order valence-electron chi connectivity index (χ1n) is 21.6. The number of carbonyl (C=O) groups is 2. The molecule has 5 atom stereocenters. The van der Waals surface area contributed by atoms with Gasteiger partial charge in [0.1, 0.15) is 53.8 Å². The van der Waals surface area contributed by atoms with E-state index >= 15 is 0 Å². The fraction of sp³-hybridized carbons (Fsp3) is 0.300. The molecule has 7 aliphatic rings. The molecule has 6 heterocycles. The number of anilines is 3. The number of allylic oxidation sites excluding steroid dienone is 4. The Morgan fingerprint density at radius 2 is 1.30 bits per heavy atom. The molecule has 0 bridgehead atoms. The molecule has 2 aliphatic carbocycles. The van der Waals surface area contributed by atoms with Crippen molar-refractivity contribution in [2.24, 2.45) is 0 Å². The molecule has 5 unspecified atom stereocenters. The number of aryl methyl sites for hydroxylation is 1. The van der Waals surface area contributed by atoms with Crippen LogP contribution in [0.3, 0.4) is 0 Å². The molecule has 326 valence electrons. The van der Waals surface area contributed by atoms with Crippen LogP contribution in [0.15, 0.2) is 137 Å². The number of Topliss-reactive ketones (excluding diaryl/α,β-unsaturated/α-hetero) is 2. The van der Waals surface area contributed by atoms with Gasteiger partial charge in [-0.1, -0.05) is 12.1 Å². The molecule has 12 nitrogen and oxygen atoms in total. The van der Waals surface area contributed by atoms with Gasteiger partial charge in [-0.3, -0.25) is 9.59 Å². The first-order valence-corrected chi connectivity index (χ1v) is 23.2. The van der Waals surface area contributed by atoms with Crippen LogP contribution in [0.2, 0.25) is 0 Å². The molecule has 0 radical (unpaired) electrons. The third kappa shape index (κ3) is 9.31. The zero-order valence-electron chi connectivity index (χ0n) is 34.8. The number of thioether (sulfide) groups is 1. The number of rotatable bonds is 18. The van der Waals surface area contributed by atoms with Crippen molar-refractivity contribution in [2.45, 2.75) is 49.8 Å². The monoisotopic (exact) mass is 897 g/mol. The number of carbonyl (C=O) groups excluding carboxylic acids is 2. The van der Waals surface area contributed by atoms with Gasteiger partial charge in [0.05, 0.1) is 56.4 Å². The number of benzene rings is 3. The second-order valence-electron chi connectivity index (χ2n) is 16.4. The average molecular weight is 898 g/mol. The highest BCUT2D eigenvalue weighted by atomic mass is 32.2.